The highest BCUT2D eigenvalue weighted by atomic mass is 32.2. The number of rotatable bonds is 9. The quantitative estimate of drug-likeness (QED) is 0.505. The predicted molar refractivity (Wildman–Crippen MR) is 95.1 cm³/mol. The van der Waals surface area contributed by atoms with Crippen LogP contribution in [-0.4, -0.2) is 28.4 Å². The van der Waals surface area contributed by atoms with Gasteiger partial charge in [0.05, 0.1) is 23.5 Å². The van der Waals surface area contributed by atoms with Gasteiger partial charge >= 0.3 is 0 Å². The van der Waals surface area contributed by atoms with E-state index in [1.807, 2.05) is 6.92 Å². The lowest BCUT2D eigenvalue weighted by molar-refractivity contribution is -0.107. The molecule has 0 N–H and O–H groups in total. The highest BCUT2D eigenvalue weighted by molar-refractivity contribution is 7.91. The standard InChI is InChI=1S/C19H22O5S/c1-3-4-10-24-17-11-15(8-9-20)12-19(14-17)25(21,22)18-7-5-6-16(13-18)23-2/h5-7,9,11-14H,3-4,8,10H2,1-2H3. The summed E-state index contributed by atoms with van der Waals surface area (Å²) in [7, 11) is -2.26. The highest BCUT2D eigenvalue weighted by Crippen LogP contribution is 2.28. The second-order valence-corrected chi connectivity index (χ2v) is 7.52. The Morgan fingerprint density at radius 3 is 2.48 bits per heavy atom. The van der Waals surface area contributed by atoms with Crippen LogP contribution in [0.5, 0.6) is 11.5 Å². The predicted octanol–water partition coefficient (Wildman–Crippen LogP) is 3.45. The minimum Gasteiger partial charge on any atom is -0.497 e. The largest absolute Gasteiger partial charge is 0.497 e. The van der Waals surface area contributed by atoms with E-state index in [2.05, 4.69) is 0 Å². The summed E-state index contributed by atoms with van der Waals surface area (Å²) in [4.78, 5) is 11.1. The number of hydrogen-bond acceptors (Lipinski definition) is 5. The Morgan fingerprint density at radius 1 is 1.04 bits per heavy atom. The summed E-state index contributed by atoms with van der Waals surface area (Å²) >= 11 is 0. The molecule has 134 valence electrons. The van der Waals surface area contributed by atoms with E-state index in [-0.39, 0.29) is 16.2 Å². The van der Waals surface area contributed by atoms with Crippen LogP contribution in [-0.2, 0) is 21.1 Å². The third-order valence-electron chi connectivity index (χ3n) is 3.69. The van der Waals surface area contributed by atoms with Gasteiger partial charge in [-0.2, -0.15) is 0 Å². The van der Waals surface area contributed by atoms with E-state index >= 15 is 0 Å². The molecule has 0 atom stereocenters. The third kappa shape index (κ3) is 4.82. The normalized spacial score (nSPS) is 11.1. The number of hydrogen-bond donors (Lipinski definition) is 0. The summed E-state index contributed by atoms with van der Waals surface area (Å²) in [6, 6.07) is 11.0. The summed E-state index contributed by atoms with van der Waals surface area (Å²) in [6.07, 6.45) is 2.72. The van der Waals surface area contributed by atoms with Crippen molar-refractivity contribution in [2.45, 2.75) is 36.0 Å². The number of carbonyl (C=O) groups excluding carboxylic acids is 1. The minimum absolute atomic E-state index is 0.103. The van der Waals surface area contributed by atoms with Crippen LogP contribution in [0.15, 0.2) is 52.3 Å². The molecule has 0 saturated carbocycles. The number of carbonyl (C=O) groups is 1. The molecule has 0 spiro atoms. The molecule has 2 aromatic carbocycles. The zero-order valence-corrected chi connectivity index (χ0v) is 15.2. The monoisotopic (exact) mass is 362 g/mol. The van der Waals surface area contributed by atoms with Crippen molar-refractivity contribution in [2.24, 2.45) is 0 Å². The minimum atomic E-state index is -3.74. The van der Waals surface area contributed by atoms with Gasteiger partial charge in [-0.25, -0.2) is 8.42 Å². The molecule has 2 aromatic rings. The summed E-state index contributed by atoms with van der Waals surface area (Å²) in [6.45, 7) is 2.55. The van der Waals surface area contributed by atoms with Gasteiger partial charge in [0.15, 0.2) is 0 Å². The van der Waals surface area contributed by atoms with Gasteiger partial charge in [0.2, 0.25) is 9.84 Å². The highest BCUT2D eigenvalue weighted by Gasteiger charge is 2.20. The molecule has 0 amide bonds. The van der Waals surface area contributed by atoms with Crippen LogP contribution in [0.3, 0.4) is 0 Å². The number of ether oxygens (including phenoxy) is 2. The van der Waals surface area contributed by atoms with Crippen molar-refractivity contribution in [3.8, 4) is 11.5 Å². The smallest absolute Gasteiger partial charge is 0.206 e. The van der Waals surface area contributed by atoms with Crippen molar-refractivity contribution in [1.29, 1.82) is 0 Å². The van der Waals surface area contributed by atoms with E-state index in [1.54, 1.807) is 18.2 Å². The molecule has 0 unspecified atom stereocenters. The first-order valence-electron chi connectivity index (χ1n) is 8.10. The van der Waals surface area contributed by atoms with Crippen LogP contribution < -0.4 is 9.47 Å². The Balaban J connectivity index is 2.45. The zero-order chi connectivity index (χ0) is 18.3. The van der Waals surface area contributed by atoms with E-state index < -0.39 is 9.84 Å². The Bertz CT molecular complexity index is 827. The van der Waals surface area contributed by atoms with E-state index in [1.165, 1.54) is 31.4 Å². The van der Waals surface area contributed by atoms with Crippen LogP contribution in [0.1, 0.15) is 25.3 Å². The van der Waals surface area contributed by atoms with Gasteiger partial charge in [-0.3, -0.25) is 0 Å². The molecule has 0 aromatic heterocycles. The number of aldehydes is 1. The van der Waals surface area contributed by atoms with Crippen LogP contribution in [0.2, 0.25) is 0 Å². The lowest BCUT2D eigenvalue weighted by atomic mass is 10.1. The van der Waals surface area contributed by atoms with Crippen molar-refractivity contribution < 1.29 is 22.7 Å². The van der Waals surface area contributed by atoms with Gasteiger partial charge in [0.25, 0.3) is 0 Å². The van der Waals surface area contributed by atoms with Gasteiger partial charge in [0.1, 0.15) is 17.8 Å². The summed E-state index contributed by atoms with van der Waals surface area (Å²) < 4.78 is 36.6. The van der Waals surface area contributed by atoms with Gasteiger partial charge in [-0.15, -0.1) is 0 Å². The van der Waals surface area contributed by atoms with Gasteiger partial charge in [-0.1, -0.05) is 19.4 Å². The maximum absolute atomic E-state index is 12.9. The van der Waals surface area contributed by atoms with E-state index in [9.17, 15) is 13.2 Å². The molecule has 0 heterocycles. The topological polar surface area (TPSA) is 69.7 Å². The Labute approximate surface area is 148 Å². The van der Waals surface area contributed by atoms with Gasteiger partial charge in [-0.05, 0) is 48.4 Å². The van der Waals surface area contributed by atoms with Crippen LogP contribution in [0.25, 0.3) is 0 Å². The molecular formula is C19H22O5S. The third-order valence-corrected chi connectivity index (χ3v) is 5.42. The summed E-state index contributed by atoms with van der Waals surface area (Å²) in [5.74, 6) is 0.916. The molecule has 2 rings (SSSR count). The Kier molecular flexibility index (Phi) is 6.58. The van der Waals surface area contributed by atoms with Crippen molar-refractivity contribution in [3.63, 3.8) is 0 Å². The molecule has 0 aliphatic heterocycles. The maximum Gasteiger partial charge on any atom is 0.206 e. The molecule has 0 aliphatic carbocycles. The molecule has 0 saturated heterocycles. The second-order valence-electron chi connectivity index (χ2n) is 5.57. The van der Waals surface area contributed by atoms with E-state index in [0.29, 0.717) is 23.7 Å². The molecule has 0 bridgehead atoms. The maximum atomic E-state index is 12.9. The summed E-state index contributed by atoms with van der Waals surface area (Å²) in [5.41, 5.74) is 0.602. The van der Waals surface area contributed by atoms with Gasteiger partial charge < -0.3 is 14.3 Å². The molecule has 25 heavy (non-hydrogen) atoms. The Hall–Kier alpha value is -2.34. The van der Waals surface area contributed by atoms with Crippen molar-refractivity contribution in [3.05, 3.63) is 48.0 Å². The van der Waals surface area contributed by atoms with Crippen molar-refractivity contribution in [2.75, 3.05) is 13.7 Å². The molecule has 0 radical (unpaired) electrons. The molecular weight excluding hydrogens is 340 g/mol. The van der Waals surface area contributed by atoms with Crippen molar-refractivity contribution in [1.82, 2.24) is 0 Å². The number of benzene rings is 2. The molecule has 6 heteroatoms. The first-order chi connectivity index (χ1) is 12.0. The van der Waals surface area contributed by atoms with Crippen LogP contribution in [0, 0.1) is 0 Å². The van der Waals surface area contributed by atoms with E-state index in [4.69, 9.17) is 9.47 Å². The van der Waals surface area contributed by atoms with Crippen LogP contribution in [0.4, 0.5) is 0 Å². The van der Waals surface area contributed by atoms with Gasteiger partial charge in [0, 0.05) is 6.42 Å². The SMILES string of the molecule is CCCCOc1cc(CC=O)cc(S(=O)(=O)c2cccc(OC)c2)c1. The number of methoxy groups -OCH3 is 1. The van der Waals surface area contributed by atoms with E-state index in [0.717, 1.165) is 19.1 Å². The fourth-order valence-corrected chi connectivity index (χ4v) is 3.70. The van der Waals surface area contributed by atoms with Crippen molar-refractivity contribution >= 4 is 16.1 Å². The first-order valence-corrected chi connectivity index (χ1v) is 9.59. The van der Waals surface area contributed by atoms with Crippen LogP contribution >= 0.6 is 0 Å². The first kappa shape index (κ1) is 19.0. The lowest BCUT2D eigenvalue weighted by Crippen LogP contribution is -2.05. The second kappa shape index (κ2) is 8.67. The molecule has 0 aliphatic rings. The average molecular weight is 362 g/mol. The fourth-order valence-electron chi connectivity index (χ4n) is 2.32. The number of unbranched alkanes of at least 4 members (excludes halogenated alkanes) is 1. The zero-order valence-electron chi connectivity index (χ0n) is 14.4. The fraction of sp³-hybridized carbons (Fsp3) is 0.316. The Morgan fingerprint density at radius 2 is 1.80 bits per heavy atom. The number of sulfone groups is 1. The lowest BCUT2D eigenvalue weighted by Gasteiger charge is -2.11. The molecule has 5 nitrogen and oxygen atoms in total. The average Bonchev–Trinajstić information content (AvgIpc) is 2.62. The molecule has 0 fully saturated rings. The summed E-state index contributed by atoms with van der Waals surface area (Å²) in [5, 5.41) is 0.